The standard InChI is InChI=1S/C15H24N4O/c1-4-9-19-15(17-11-18-19)10-13(16-6-3)14-8-7-12(5-2)20-14/h7-8,11,13,16H,4-6,9-10H2,1-3H3. The van der Waals surface area contributed by atoms with Gasteiger partial charge in [0.1, 0.15) is 23.7 Å². The summed E-state index contributed by atoms with van der Waals surface area (Å²) in [5.74, 6) is 3.01. The van der Waals surface area contributed by atoms with Crippen LogP contribution in [0.1, 0.15) is 50.6 Å². The summed E-state index contributed by atoms with van der Waals surface area (Å²) >= 11 is 0. The lowest BCUT2D eigenvalue weighted by Crippen LogP contribution is -2.24. The van der Waals surface area contributed by atoms with Gasteiger partial charge in [-0.05, 0) is 25.1 Å². The van der Waals surface area contributed by atoms with Gasteiger partial charge in [0.05, 0.1) is 6.04 Å². The van der Waals surface area contributed by atoms with E-state index in [-0.39, 0.29) is 6.04 Å². The zero-order valence-corrected chi connectivity index (χ0v) is 12.6. The summed E-state index contributed by atoms with van der Waals surface area (Å²) in [7, 11) is 0. The lowest BCUT2D eigenvalue weighted by atomic mass is 10.1. The Kier molecular flexibility index (Phi) is 5.35. The first-order valence-electron chi connectivity index (χ1n) is 7.47. The molecule has 0 aliphatic carbocycles. The average molecular weight is 276 g/mol. The van der Waals surface area contributed by atoms with Gasteiger partial charge in [0.2, 0.25) is 0 Å². The number of likely N-dealkylation sites (N-methyl/N-ethyl adjacent to an activating group) is 1. The molecular weight excluding hydrogens is 252 g/mol. The van der Waals surface area contributed by atoms with Crippen LogP contribution in [0, 0.1) is 0 Å². The number of hydrogen-bond acceptors (Lipinski definition) is 4. The highest BCUT2D eigenvalue weighted by Gasteiger charge is 2.18. The molecule has 2 heterocycles. The molecule has 0 aliphatic rings. The molecule has 2 aromatic heterocycles. The van der Waals surface area contributed by atoms with E-state index in [4.69, 9.17) is 4.42 Å². The summed E-state index contributed by atoms with van der Waals surface area (Å²) < 4.78 is 7.86. The monoisotopic (exact) mass is 276 g/mol. The van der Waals surface area contributed by atoms with Crippen LogP contribution in [-0.4, -0.2) is 21.3 Å². The minimum Gasteiger partial charge on any atom is -0.464 e. The van der Waals surface area contributed by atoms with Crippen LogP contribution < -0.4 is 5.32 Å². The molecule has 0 bridgehead atoms. The summed E-state index contributed by atoms with van der Waals surface area (Å²) in [5, 5.41) is 7.75. The topological polar surface area (TPSA) is 55.9 Å². The predicted molar refractivity (Wildman–Crippen MR) is 78.5 cm³/mol. The van der Waals surface area contributed by atoms with E-state index < -0.39 is 0 Å². The van der Waals surface area contributed by atoms with Crippen molar-refractivity contribution in [3.8, 4) is 0 Å². The molecule has 110 valence electrons. The van der Waals surface area contributed by atoms with Crippen LogP contribution in [0.15, 0.2) is 22.9 Å². The molecule has 0 saturated heterocycles. The van der Waals surface area contributed by atoms with E-state index in [0.717, 1.165) is 49.7 Å². The second-order valence-electron chi connectivity index (χ2n) is 4.87. The maximum absolute atomic E-state index is 5.88. The van der Waals surface area contributed by atoms with E-state index in [1.165, 1.54) is 0 Å². The van der Waals surface area contributed by atoms with Gasteiger partial charge in [-0.2, -0.15) is 5.10 Å². The van der Waals surface area contributed by atoms with Gasteiger partial charge in [0.15, 0.2) is 0 Å². The zero-order valence-electron chi connectivity index (χ0n) is 12.6. The second kappa shape index (κ2) is 7.24. The second-order valence-corrected chi connectivity index (χ2v) is 4.87. The molecule has 2 aromatic rings. The van der Waals surface area contributed by atoms with Crippen LogP contribution in [0.5, 0.6) is 0 Å². The molecule has 0 aliphatic heterocycles. The number of aromatic nitrogens is 3. The third kappa shape index (κ3) is 3.48. The minimum atomic E-state index is 0.153. The van der Waals surface area contributed by atoms with E-state index >= 15 is 0 Å². The van der Waals surface area contributed by atoms with Crippen molar-refractivity contribution in [1.29, 1.82) is 0 Å². The molecule has 0 spiro atoms. The van der Waals surface area contributed by atoms with Crippen LogP contribution in [-0.2, 0) is 19.4 Å². The van der Waals surface area contributed by atoms with Gasteiger partial charge in [0.25, 0.3) is 0 Å². The Morgan fingerprint density at radius 2 is 2.15 bits per heavy atom. The third-order valence-corrected chi connectivity index (χ3v) is 3.34. The molecule has 0 aromatic carbocycles. The summed E-state index contributed by atoms with van der Waals surface area (Å²) in [5.41, 5.74) is 0. The number of furan rings is 1. The Morgan fingerprint density at radius 3 is 2.80 bits per heavy atom. The molecule has 0 saturated carbocycles. The quantitative estimate of drug-likeness (QED) is 0.805. The van der Waals surface area contributed by atoms with E-state index in [9.17, 15) is 0 Å². The van der Waals surface area contributed by atoms with Crippen molar-refractivity contribution in [3.05, 3.63) is 35.8 Å². The minimum absolute atomic E-state index is 0.153. The van der Waals surface area contributed by atoms with Crippen LogP contribution >= 0.6 is 0 Å². The van der Waals surface area contributed by atoms with Crippen molar-refractivity contribution in [2.45, 2.75) is 52.6 Å². The largest absolute Gasteiger partial charge is 0.464 e. The summed E-state index contributed by atoms with van der Waals surface area (Å²) in [4.78, 5) is 4.38. The lowest BCUT2D eigenvalue weighted by Gasteiger charge is -2.15. The van der Waals surface area contributed by atoms with Crippen LogP contribution in [0.25, 0.3) is 0 Å². The summed E-state index contributed by atoms with van der Waals surface area (Å²) in [6.07, 6.45) is 4.41. The maximum atomic E-state index is 5.88. The molecule has 2 rings (SSSR count). The summed E-state index contributed by atoms with van der Waals surface area (Å²) in [6.45, 7) is 8.16. The number of nitrogens with zero attached hydrogens (tertiary/aromatic N) is 3. The fourth-order valence-electron chi connectivity index (χ4n) is 2.32. The molecule has 5 nitrogen and oxygen atoms in total. The highest BCUT2D eigenvalue weighted by molar-refractivity contribution is 5.12. The highest BCUT2D eigenvalue weighted by Crippen LogP contribution is 2.20. The van der Waals surface area contributed by atoms with Gasteiger partial charge in [0, 0.05) is 19.4 Å². The van der Waals surface area contributed by atoms with Crippen molar-refractivity contribution in [2.75, 3.05) is 6.54 Å². The van der Waals surface area contributed by atoms with Crippen molar-refractivity contribution < 1.29 is 4.42 Å². The fourth-order valence-corrected chi connectivity index (χ4v) is 2.32. The predicted octanol–water partition coefficient (Wildman–Crippen LogP) is 2.74. The van der Waals surface area contributed by atoms with Gasteiger partial charge in [-0.25, -0.2) is 4.98 Å². The molecule has 0 radical (unpaired) electrons. The molecule has 5 heteroatoms. The SMILES string of the molecule is CCCn1ncnc1CC(NCC)c1ccc(CC)o1. The number of aryl methyl sites for hydroxylation is 2. The Balaban J connectivity index is 2.14. The average Bonchev–Trinajstić information content (AvgIpc) is 3.08. The van der Waals surface area contributed by atoms with Gasteiger partial charge in [-0.15, -0.1) is 0 Å². The third-order valence-electron chi connectivity index (χ3n) is 3.34. The molecule has 20 heavy (non-hydrogen) atoms. The molecular formula is C15H24N4O. The smallest absolute Gasteiger partial charge is 0.138 e. The lowest BCUT2D eigenvalue weighted by molar-refractivity contribution is 0.387. The first-order valence-corrected chi connectivity index (χ1v) is 7.47. The normalized spacial score (nSPS) is 12.8. The molecule has 1 unspecified atom stereocenters. The molecule has 0 fully saturated rings. The van der Waals surface area contributed by atoms with Crippen molar-refractivity contribution in [1.82, 2.24) is 20.1 Å². The number of hydrogen-bond donors (Lipinski definition) is 1. The Morgan fingerprint density at radius 1 is 1.30 bits per heavy atom. The van der Waals surface area contributed by atoms with Gasteiger partial charge in [-0.3, -0.25) is 4.68 Å². The van der Waals surface area contributed by atoms with Gasteiger partial charge < -0.3 is 9.73 Å². The first-order chi connectivity index (χ1) is 9.78. The highest BCUT2D eigenvalue weighted by atomic mass is 16.3. The fraction of sp³-hybridized carbons (Fsp3) is 0.600. The van der Waals surface area contributed by atoms with Crippen molar-refractivity contribution >= 4 is 0 Å². The van der Waals surface area contributed by atoms with E-state index in [0.29, 0.717) is 0 Å². The first kappa shape index (κ1) is 14.8. The van der Waals surface area contributed by atoms with E-state index in [1.807, 2.05) is 4.68 Å². The molecule has 0 amide bonds. The Bertz CT molecular complexity index is 517. The van der Waals surface area contributed by atoms with Crippen LogP contribution in [0.4, 0.5) is 0 Å². The maximum Gasteiger partial charge on any atom is 0.138 e. The van der Waals surface area contributed by atoms with E-state index in [2.05, 4.69) is 48.3 Å². The van der Waals surface area contributed by atoms with Crippen LogP contribution in [0.2, 0.25) is 0 Å². The number of rotatable bonds is 8. The van der Waals surface area contributed by atoms with Gasteiger partial charge >= 0.3 is 0 Å². The van der Waals surface area contributed by atoms with Crippen LogP contribution in [0.3, 0.4) is 0 Å². The Labute approximate surface area is 120 Å². The molecule has 1 N–H and O–H groups in total. The zero-order chi connectivity index (χ0) is 14.4. The van der Waals surface area contributed by atoms with E-state index in [1.54, 1.807) is 6.33 Å². The van der Waals surface area contributed by atoms with Crippen molar-refractivity contribution in [3.63, 3.8) is 0 Å². The van der Waals surface area contributed by atoms with Gasteiger partial charge in [-0.1, -0.05) is 20.8 Å². The number of nitrogens with one attached hydrogen (secondary N) is 1. The molecule has 1 atom stereocenters. The van der Waals surface area contributed by atoms with Crippen molar-refractivity contribution in [2.24, 2.45) is 0 Å². The summed E-state index contributed by atoms with van der Waals surface area (Å²) in [6, 6.07) is 4.27. The Hall–Kier alpha value is -1.62.